The van der Waals surface area contributed by atoms with Gasteiger partial charge in [0.15, 0.2) is 6.10 Å². The molecule has 3 aromatic rings. The lowest BCUT2D eigenvalue weighted by molar-refractivity contribution is -0.125. The molecule has 146 valence electrons. The summed E-state index contributed by atoms with van der Waals surface area (Å²) >= 11 is 0. The number of amides is 1. The number of carbonyl (C=O) groups is 2. The SMILES string of the molecule is C[C@H](OC(=O)c1ccc(NS(=O)(=O)c2ccc3[nH]c(=O)[nH]c3c2)cc1)C(N)=O. The lowest BCUT2D eigenvalue weighted by Crippen LogP contribution is -2.30. The van der Waals surface area contributed by atoms with Crippen molar-refractivity contribution in [1.29, 1.82) is 0 Å². The van der Waals surface area contributed by atoms with Gasteiger partial charge in [0.2, 0.25) is 0 Å². The van der Waals surface area contributed by atoms with Crippen molar-refractivity contribution in [3.63, 3.8) is 0 Å². The van der Waals surface area contributed by atoms with Gasteiger partial charge in [-0.25, -0.2) is 18.0 Å². The first-order valence-electron chi connectivity index (χ1n) is 8.01. The van der Waals surface area contributed by atoms with Gasteiger partial charge in [0.1, 0.15) is 0 Å². The molecule has 11 heteroatoms. The van der Waals surface area contributed by atoms with Gasteiger partial charge in [0.05, 0.1) is 21.5 Å². The molecule has 0 aliphatic carbocycles. The average molecular weight is 404 g/mol. The van der Waals surface area contributed by atoms with Crippen molar-refractivity contribution in [1.82, 2.24) is 9.97 Å². The highest BCUT2D eigenvalue weighted by Gasteiger charge is 2.18. The van der Waals surface area contributed by atoms with Gasteiger partial charge in [-0.05, 0) is 49.4 Å². The van der Waals surface area contributed by atoms with Crippen molar-refractivity contribution >= 4 is 38.6 Å². The molecule has 1 heterocycles. The first-order valence-corrected chi connectivity index (χ1v) is 9.49. The number of hydrogen-bond acceptors (Lipinski definition) is 6. The number of nitrogens with two attached hydrogens (primary N) is 1. The van der Waals surface area contributed by atoms with E-state index in [1.807, 2.05) is 0 Å². The number of sulfonamides is 1. The molecule has 1 amide bonds. The zero-order valence-electron chi connectivity index (χ0n) is 14.6. The fourth-order valence-corrected chi connectivity index (χ4v) is 3.44. The fraction of sp³-hybridized carbons (Fsp3) is 0.118. The largest absolute Gasteiger partial charge is 0.449 e. The lowest BCUT2D eigenvalue weighted by atomic mass is 10.2. The minimum Gasteiger partial charge on any atom is -0.449 e. The Bertz CT molecular complexity index is 1210. The first kappa shape index (κ1) is 19.2. The van der Waals surface area contributed by atoms with Crippen LogP contribution in [0.1, 0.15) is 17.3 Å². The zero-order chi connectivity index (χ0) is 20.5. The van der Waals surface area contributed by atoms with Gasteiger partial charge in [-0.1, -0.05) is 0 Å². The summed E-state index contributed by atoms with van der Waals surface area (Å²) in [5.74, 6) is -1.54. The van der Waals surface area contributed by atoms with E-state index >= 15 is 0 Å². The molecule has 0 saturated heterocycles. The fourth-order valence-electron chi connectivity index (χ4n) is 2.35. The third-order valence-corrected chi connectivity index (χ3v) is 5.23. The van der Waals surface area contributed by atoms with Crippen LogP contribution in [-0.4, -0.2) is 36.4 Å². The van der Waals surface area contributed by atoms with Crippen molar-refractivity contribution in [2.45, 2.75) is 17.9 Å². The van der Waals surface area contributed by atoms with Crippen LogP contribution in [0.25, 0.3) is 11.0 Å². The summed E-state index contributed by atoms with van der Waals surface area (Å²) in [5, 5.41) is 0. The number of ether oxygens (including phenoxy) is 1. The van der Waals surface area contributed by atoms with Gasteiger partial charge in [-0.2, -0.15) is 0 Å². The number of nitrogens with one attached hydrogen (secondary N) is 3. The quantitative estimate of drug-likeness (QED) is 0.441. The van der Waals surface area contributed by atoms with Crippen molar-refractivity contribution < 1.29 is 22.7 Å². The van der Waals surface area contributed by atoms with E-state index < -0.39 is 33.7 Å². The van der Waals surface area contributed by atoms with Crippen LogP contribution in [-0.2, 0) is 19.6 Å². The van der Waals surface area contributed by atoms with Crippen LogP contribution in [0.15, 0.2) is 52.2 Å². The van der Waals surface area contributed by atoms with Crippen LogP contribution in [0, 0.1) is 0 Å². The second kappa shape index (κ2) is 7.19. The summed E-state index contributed by atoms with van der Waals surface area (Å²) in [6.45, 7) is 1.34. The van der Waals surface area contributed by atoms with E-state index in [9.17, 15) is 22.8 Å². The molecule has 3 rings (SSSR count). The molecule has 1 atom stereocenters. The maximum atomic E-state index is 12.5. The molecule has 10 nitrogen and oxygen atoms in total. The molecule has 0 saturated carbocycles. The highest BCUT2D eigenvalue weighted by Crippen LogP contribution is 2.19. The number of fused-ring (bicyclic) bond motifs is 1. The Morgan fingerprint density at radius 2 is 1.71 bits per heavy atom. The summed E-state index contributed by atoms with van der Waals surface area (Å²) in [4.78, 5) is 39.1. The number of aromatic nitrogens is 2. The summed E-state index contributed by atoms with van der Waals surface area (Å²) < 4.78 is 32.3. The van der Waals surface area contributed by atoms with Crippen LogP contribution in [0.3, 0.4) is 0 Å². The number of rotatable bonds is 6. The van der Waals surface area contributed by atoms with Crippen molar-refractivity contribution in [2.24, 2.45) is 5.73 Å². The molecule has 0 radical (unpaired) electrons. The van der Waals surface area contributed by atoms with E-state index in [0.29, 0.717) is 11.0 Å². The van der Waals surface area contributed by atoms with Gasteiger partial charge < -0.3 is 20.4 Å². The summed E-state index contributed by atoms with van der Waals surface area (Å²) in [6.07, 6.45) is -1.08. The third kappa shape index (κ3) is 4.04. The van der Waals surface area contributed by atoms with Gasteiger partial charge in [-0.3, -0.25) is 9.52 Å². The average Bonchev–Trinajstić information content (AvgIpc) is 3.01. The normalized spacial score (nSPS) is 12.5. The zero-order valence-corrected chi connectivity index (χ0v) is 15.4. The van der Waals surface area contributed by atoms with Crippen molar-refractivity contribution in [3.8, 4) is 0 Å². The van der Waals surface area contributed by atoms with E-state index in [1.54, 1.807) is 0 Å². The van der Waals surface area contributed by atoms with Crippen LogP contribution in [0.5, 0.6) is 0 Å². The van der Waals surface area contributed by atoms with Crippen molar-refractivity contribution in [2.75, 3.05) is 4.72 Å². The molecule has 1 aromatic heterocycles. The van der Waals surface area contributed by atoms with Crippen LogP contribution in [0.2, 0.25) is 0 Å². The number of primary amides is 1. The summed E-state index contributed by atoms with van der Waals surface area (Å²) in [5.41, 5.74) is 5.77. The maximum absolute atomic E-state index is 12.5. The van der Waals surface area contributed by atoms with Crippen LogP contribution >= 0.6 is 0 Å². The van der Waals surface area contributed by atoms with E-state index in [2.05, 4.69) is 14.7 Å². The van der Waals surface area contributed by atoms with E-state index in [4.69, 9.17) is 10.5 Å². The monoisotopic (exact) mass is 404 g/mol. The minimum atomic E-state index is -3.92. The number of benzene rings is 2. The second-order valence-corrected chi connectivity index (χ2v) is 7.60. The number of carbonyl (C=O) groups excluding carboxylic acids is 2. The smallest absolute Gasteiger partial charge is 0.338 e. The van der Waals surface area contributed by atoms with Gasteiger partial charge in [0.25, 0.3) is 15.9 Å². The predicted molar refractivity (Wildman–Crippen MR) is 100 cm³/mol. The number of esters is 1. The Morgan fingerprint density at radius 1 is 1.07 bits per heavy atom. The number of hydrogen-bond donors (Lipinski definition) is 4. The Kier molecular flexibility index (Phi) is 4.92. The Hall–Kier alpha value is -3.60. The van der Waals surface area contributed by atoms with Gasteiger partial charge in [-0.15, -0.1) is 0 Å². The van der Waals surface area contributed by atoms with Crippen LogP contribution in [0.4, 0.5) is 5.69 Å². The molecule has 2 aromatic carbocycles. The predicted octanol–water partition coefficient (Wildman–Crippen LogP) is 0.688. The topological polar surface area (TPSA) is 164 Å². The molecule has 0 fully saturated rings. The highest BCUT2D eigenvalue weighted by atomic mass is 32.2. The second-order valence-electron chi connectivity index (χ2n) is 5.92. The molecule has 0 aliphatic heterocycles. The highest BCUT2D eigenvalue weighted by molar-refractivity contribution is 7.92. The molecular formula is C17H16N4O6S. The van der Waals surface area contributed by atoms with E-state index in [-0.39, 0.29) is 16.1 Å². The number of H-pyrrole nitrogens is 2. The molecule has 0 spiro atoms. The summed E-state index contributed by atoms with van der Waals surface area (Å²) in [6, 6.07) is 9.60. The minimum absolute atomic E-state index is 0.0472. The molecule has 0 unspecified atom stereocenters. The Labute approximate surface area is 158 Å². The first-order chi connectivity index (χ1) is 13.2. The number of imidazole rings is 1. The maximum Gasteiger partial charge on any atom is 0.338 e. The molecule has 5 N–H and O–H groups in total. The van der Waals surface area contributed by atoms with Gasteiger partial charge >= 0.3 is 11.7 Å². The molecule has 28 heavy (non-hydrogen) atoms. The van der Waals surface area contributed by atoms with Gasteiger partial charge in [0, 0.05) is 5.69 Å². The molecule has 0 bridgehead atoms. The Balaban J connectivity index is 1.77. The Morgan fingerprint density at radius 3 is 2.36 bits per heavy atom. The lowest BCUT2D eigenvalue weighted by Gasteiger charge is -2.11. The third-order valence-electron chi connectivity index (χ3n) is 3.86. The number of aromatic amines is 2. The van der Waals surface area contributed by atoms with E-state index in [0.717, 1.165) is 0 Å². The molecule has 0 aliphatic rings. The standard InChI is InChI=1S/C17H16N4O6S/c1-9(15(18)22)27-16(23)10-2-4-11(5-3-10)21-28(25,26)12-6-7-13-14(8-12)20-17(24)19-13/h2-9,21H,1H3,(H2,18,22)(H2,19,20,24)/t9-/m0/s1. The van der Waals surface area contributed by atoms with Crippen LogP contribution < -0.4 is 16.1 Å². The van der Waals surface area contributed by atoms with E-state index in [1.165, 1.54) is 49.4 Å². The molecular weight excluding hydrogens is 388 g/mol. The number of anilines is 1. The summed E-state index contributed by atoms with van der Waals surface area (Å²) in [7, 11) is -3.92. The van der Waals surface area contributed by atoms with Crippen molar-refractivity contribution in [3.05, 3.63) is 58.5 Å².